The van der Waals surface area contributed by atoms with E-state index in [-0.39, 0.29) is 6.04 Å². The van der Waals surface area contributed by atoms with Crippen LogP contribution in [-0.4, -0.2) is 11.5 Å². The lowest BCUT2D eigenvalue weighted by atomic mass is 9.98. The summed E-state index contributed by atoms with van der Waals surface area (Å²) < 4.78 is 5.13. The van der Waals surface area contributed by atoms with Gasteiger partial charge in [0, 0.05) is 5.02 Å². The van der Waals surface area contributed by atoms with Gasteiger partial charge >= 0.3 is 5.76 Å². The predicted octanol–water partition coefficient (Wildman–Crippen LogP) is 3.47. The fraction of sp³-hybridized carbons (Fsp3) is 0.188. The SMILES string of the molecule is CCNC(c1ccc2[nH]c(=O)oc2c1)c1ccccc1Cl. The van der Waals surface area contributed by atoms with E-state index in [1.807, 2.05) is 49.4 Å². The molecule has 1 heterocycles. The fourth-order valence-corrected chi connectivity index (χ4v) is 2.71. The van der Waals surface area contributed by atoms with E-state index < -0.39 is 5.76 Å². The number of rotatable bonds is 4. The van der Waals surface area contributed by atoms with Gasteiger partial charge < -0.3 is 9.73 Å². The molecule has 0 aliphatic carbocycles. The first-order valence-electron chi connectivity index (χ1n) is 6.79. The molecule has 0 bridgehead atoms. The average molecular weight is 303 g/mol. The fourth-order valence-electron chi connectivity index (χ4n) is 2.46. The molecule has 108 valence electrons. The minimum absolute atomic E-state index is 0.0479. The predicted molar refractivity (Wildman–Crippen MR) is 83.8 cm³/mol. The summed E-state index contributed by atoms with van der Waals surface area (Å²) in [5.74, 6) is -0.445. The van der Waals surface area contributed by atoms with Crippen molar-refractivity contribution in [1.29, 1.82) is 0 Å². The summed E-state index contributed by atoms with van der Waals surface area (Å²) >= 11 is 6.31. The van der Waals surface area contributed by atoms with Crippen LogP contribution in [-0.2, 0) is 0 Å². The maximum absolute atomic E-state index is 11.3. The molecule has 2 aromatic carbocycles. The van der Waals surface area contributed by atoms with E-state index in [1.54, 1.807) is 0 Å². The number of aromatic nitrogens is 1. The maximum atomic E-state index is 11.3. The first kappa shape index (κ1) is 13.9. The summed E-state index contributed by atoms with van der Waals surface area (Å²) in [6, 6.07) is 13.4. The van der Waals surface area contributed by atoms with Gasteiger partial charge in [-0.1, -0.05) is 42.8 Å². The van der Waals surface area contributed by atoms with Crippen molar-refractivity contribution in [3.8, 4) is 0 Å². The highest BCUT2D eigenvalue weighted by atomic mass is 35.5. The molecule has 0 fully saturated rings. The van der Waals surface area contributed by atoms with Gasteiger partial charge in [0.1, 0.15) is 0 Å². The van der Waals surface area contributed by atoms with Crippen LogP contribution in [0.15, 0.2) is 51.7 Å². The lowest BCUT2D eigenvalue weighted by molar-refractivity contribution is 0.553. The highest BCUT2D eigenvalue weighted by Crippen LogP contribution is 2.29. The zero-order chi connectivity index (χ0) is 14.8. The zero-order valence-corrected chi connectivity index (χ0v) is 12.3. The Hall–Kier alpha value is -2.04. The van der Waals surface area contributed by atoms with Crippen LogP contribution in [0.3, 0.4) is 0 Å². The molecule has 5 heteroatoms. The molecular weight excluding hydrogens is 288 g/mol. The van der Waals surface area contributed by atoms with Gasteiger partial charge in [-0.3, -0.25) is 4.98 Å². The Labute approximate surface area is 126 Å². The van der Waals surface area contributed by atoms with Crippen molar-refractivity contribution < 1.29 is 4.42 Å². The molecule has 0 amide bonds. The molecule has 21 heavy (non-hydrogen) atoms. The van der Waals surface area contributed by atoms with E-state index in [9.17, 15) is 4.79 Å². The Morgan fingerprint density at radius 3 is 2.86 bits per heavy atom. The van der Waals surface area contributed by atoms with Crippen molar-refractivity contribution in [1.82, 2.24) is 10.3 Å². The summed E-state index contributed by atoms with van der Waals surface area (Å²) in [6.45, 7) is 2.84. The van der Waals surface area contributed by atoms with Crippen LogP contribution in [0, 0.1) is 0 Å². The standard InChI is InChI=1S/C16H15ClN2O2/c1-2-18-15(11-5-3-4-6-12(11)17)10-7-8-13-14(9-10)21-16(20)19-13/h3-9,15,18H,2H2,1H3,(H,19,20). The van der Waals surface area contributed by atoms with Gasteiger partial charge in [-0.2, -0.15) is 0 Å². The molecule has 1 atom stereocenters. The largest absolute Gasteiger partial charge is 0.417 e. The molecular formula is C16H15ClN2O2. The highest BCUT2D eigenvalue weighted by molar-refractivity contribution is 6.31. The Balaban J connectivity index is 2.10. The van der Waals surface area contributed by atoms with E-state index >= 15 is 0 Å². The Bertz CT molecular complexity index is 822. The minimum atomic E-state index is -0.445. The lowest BCUT2D eigenvalue weighted by Crippen LogP contribution is -2.22. The third kappa shape index (κ3) is 2.73. The first-order chi connectivity index (χ1) is 10.2. The maximum Gasteiger partial charge on any atom is 0.417 e. The number of hydrogen-bond donors (Lipinski definition) is 2. The van der Waals surface area contributed by atoms with Crippen molar-refractivity contribution in [2.45, 2.75) is 13.0 Å². The second-order valence-electron chi connectivity index (χ2n) is 4.78. The van der Waals surface area contributed by atoms with Crippen LogP contribution >= 0.6 is 11.6 Å². The topological polar surface area (TPSA) is 58.0 Å². The van der Waals surface area contributed by atoms with E-state index in [2.05, 4.69) is 10.3 Å². The summed E-state index contributed by atoms with van der Waals surface area (Å²) in [6.07, 6.45) is 0. The van der Waals surface area contributed by atoms with Crippen molar-refractivity contribution >= 4 is 22.7 Å². The van der Waals surface area contributed by atoms with Crippen LogP contribution in [0.4, 0.5) is 0 Å². The third-order valence-corrected chi connectivity index (χ3v) is 3.75. The zero-order valence-electron chi connectivity index (χ0n) is 11.5. The molecule has 0 saturated heterocycles. The van der Waals surface area contributed by atoms with Gasteiger partial charge in [-0.15, -0.1) is 0 Å². The Morgan fingerprint density at radius 1 is 1.29 bits per heavy atom. The number of halogens is 1. The monoisotopic (exact) mass is 302 g/mol. The number of benzene rings is 2. The summed E-state index contributed by atoms with van der Waals surface area (Å²) in [7, 11) is 0. The van der Waals surface area contributed by atoms with Crippen LogP contribution in [0.25, 0.3) is 11.1 Å². The summed E-state index contributed by atoms with van der Waals surface area (Å²) in [4.78, 5) is 13.9. The number of fused-ring (bicyclic) bond motifs is 1. The molecule has 3 aromatic rings. The van der Waals surface area contributed by atoms with Crippen molar-refractivity contribution in [2.24, 2.45) is 0 Å². The van der Waals surface area contributed by atoms with Crippen LogP contribution in [0.1, 0.15) is 24.1 Å². The molecule has 0 spiro atoms. The van der Waals surface area contributed by atoms with Gasteiger partial charge in [0.05, 0.1) is 11.6 Å². The van der Waals surface area contributed by atoms with Gasteiger partial charge in [-0.05, 0) is 35.9 Å². The van der Waals surface area contributed by atoms with Crippen molar-refractivity contribution in [2.75, 3.05) is 6.54 Å². The van der Waals surface area contributed by atoms with E-state index in [1.165, 1.54) is 0 Å². The third-order valence-electron chi connectivity index (χ3n) is 3.40. The molecule has 0 saturated carbocycles. The number of aromatic amines is 1. The second-order valence-corrected chi connectivity index (χ2v) is 5.19. The van der Waals surface area contributed by atoms with Crippen molar-refractivity contribution in [3.05, 3.63) is 69.2 Å². The average Bonchev–Trinajstić information content (AvgIpc) is 2.85. The van der Waals surface area contributed by atoms with Crippen LogP contribution < -0.4 is 11.1 Å². The number of hydrogen-bond acceptors (Lipinski definition) is 3. The van der Waals surface area contributed by atoms with Crippen molar-refractivity contribution in [3.63, 3.8) is 0 Å². The van der Waals surface area contributed by atoms with Gasteiger partial charge in [0.2, 0.25) is 0 Å². The first-order valence-corrected chi connectivity index (χ1v) is 7.17. The number of oxazole rings is 1. The molecule has 4 nitrogen and oxygen atoms in total. The number of nitrogens with one attached hydrogen (secondary N) is 2. The molecule has 0 aliphatic heterocycles. The van der Waals surface area contributed by atoms with E-state index in [0.717, 1.165) is 17.7 Å². The number of H-pyrrole nitrogens is 1. The lowest BCUT2D eigenvalue weighted by Gasteiger charge is -2.20. The molecule has 0 radical (unpaired) electrons. The molecule has 1 unspecified atom stereocenters. The van der Waals surface area contributed by atoms with Crippen LogP contribution in [0.5, 0.6) is 0 Å². The molecule has 3 rings (SSSR count). The minimum Gasteiger partial charge on any atom is -0.408 e. The molecule has 0 aliphatic rings. The van der Waals surface area contributed by atoms with Crippen LogP contribution in [0.2, 0.25) is 5.02 Å². The Kier molecular flexibility index (Phi) is 3.82. The quantitative estimate of drug-likeness (QED) is 0.776. The smallest absolute Gasteiger partial charge is 0.408 e. The second kappa shape index (κ2) is 5.76. The Morgan fingerprint density at radius 2 is 2.10 bits per heavy atom. The van der Waals surface area contributed by atoms with Gasteiger partial charge in [0.15, 0.2) is 5.58 Å². The van der Waals surface area contributed by atoms with E-state index in [0.29, 0.717) is 16.1 Å². The van der Waals surface area contributed by atoms with Gasteiger partial charge in [-0.25, -0.2) is 4.79 Å². The summed E-state index contributed by atoms with van der Waals surface area (Å²) in [5.41, 5.74) is 3.24. The normalized spacial score (nSPS) is 12.7. The highest BCUT2D eigenvalue weighted by Gasteiger charge is 2.17. The van der Waals surface area contributed by atoms with Gasteiger partial charge in [0.25, 0.3) is 0 Å². The molecule has 1 aromatic heterocycles. The molecule has 2 N–H and O–H groups in total. The van der Waals surface area contributed by atoms with E-state index in [4.69, 9.17) is 16.0 Å². The summed E-state index contributed by atoms with van der Waals surface area (Å²) in [5, 5.41) is 4.12.